The topological polar surface area (TPSA) is 80.7 Å². The number of aliphatic carboxylic acids is 1. The van der Waals surface area contributed by atoms with Crippen LogP contribution in [0.4, 0.5) is 0 Å². The third-order valence-corrected chi connectivity index (χ3v) is 3.90. The van der Waals surface area contributed by atoms with Crippen LogP contribution in [0.25, 0.3) is 0 Å². The second-order valence-corrected chi connectivity index (χ2v) is 4.60. The molecule has 0 aromatic heterocycles. The number of carbonyl (C=O) groups is 3. The van der Waals surface area contributed by atoms with Crippen LogP contribution in [0.2, 0.25) is 0 Å². The molecule has 5 unspecified atom stereocenters. The number of carbonyl (C=O) groups excluding carboxylic acids is 2. The van der Waals surface area contributed by atoms with Crippen molar-refractivity contribution in [1.82, 2.24) is 0 Å². The van der Waals surface area contributed by atoms with E-state index in [1.807, 2.05) is 6.08 Å². The number of allylic oxidation sites excluding steroid dienone is 2. The summed E-state index contributed by atoms with van der Waals surface area (Å²) in [6.07, 6.45) is 4.04. The van der Waals surface area contributed by atoms with Crippen molar-refractivity contribution in [3.63, 3.8) is 0 Å². The van der Waals surface area contributed by atoms with Crippen LogP contribution in [0.15, 0.2) is 12.2 Å². The number of rotatable bonds is 1. The fourth-order valence-electron chi connectivity index (χ4n) is 3.20. The van der Waals surface area contributed by atoms with Gasteiger partial charge in [0.05, 0.1) is 17.8 Å². The van der Waals surface area contributed by atoms with Crippen molar-refractivity contribution >= 4 is 17.9 Å². The van der Waals surface area contributed by atoms with Gasteiger partial charge in [-0.1, -0.05) is 12.2 Å². The van der Waals surface area contributed by atoms with Gasteiger partial charge in [-0.2, -0.15) is 0 Å². The lowest BCUT2D eigenvalue weighted by atomic mass is 9.59. The molecular formula is C11H10O5. The Balaban J connectivity index is 2.02. The summed E-state index contributed by atoms with van der Waals surface area (Å²) in [5.41, 5.74) is 0. The molecular weight excluding hydrogens is 212 g/mol. The highest BCUT2D eigenvalue weighted by atomic mass is 16.6. The quantitative estimate of drug-likeness (QED) is 0.389. The maximum Gasteiger partial charge on any atom is 0.318 e. The monoisotopic (exact) mass is 222 g/mol. The molecule has 0 spiro atoms. The smallest absolute Gasteiger partial charge is 0.318 e. The van der Waals surface area contributed by atoms with Gasteiger partial charge in [0.1, 0.15) is 0 Å². The first-order valence-electron chi connectivity index (χ1n) is 5.26. The average Bonchev–Trinajstić information content (AvgIpc) is 2.57. The van der Waals surface area contributed by atoms with Crippen molar-refractivity contribution in [2.75, 3.05) is 0 Å². The second-order valence-electron chi connectivity index (χ2n) is 4.60. The molecule has 5 heteroatoms. The molecule has 0 radical (unpaired) electrons. The third kappa shape index (κ3) is 1.03. The molecule has 5 nitrogen and oxygen atoms in total. The molecule has 2 fully saturated rings. The Morgan fingerprint density at radius 1 is 1.25 bits per heavy atom. The number of esters is 2. The molecule has 0 amide bonds. The van der Waals surface area contributed by atoms with E-state index in [-0.39, 0.29) is 11.8 Å². The summed E-state index contributed by atoms with van der Waals surface area (Å²) in [7, 11) is 0. The summed E-state index contributed by atoms with van der Waals surface area (Å²) in [4.78, 5) is 34.0. The van der Waals surface area contributed by atoms with E-state index >= 15 is 0 Å². The van der Waals surface area contributed by atoms with Crippen LogP contribution in [0.5, 0.6) is 0 Å². The molecule has 16 heavy (non-hydrogen) atoms. The molecule has 3 aliphatic carbocycles. The molecule has 1 heterocycles. The Hall–Kier alpha value is -1.65. The third-order valence-electron chi connectivity index (χ3n) is 3.90. The van der Waals surface area contributed by atoms with Crippen molar-refractivity contribution in [3.8, 4) is 0 Å². The Bertz CT molecular complexity index is 424. The van der Waals surface area contributed by atoms with Crippen LogP contribution in [0.3, 0.4) is 0 Å². The van der Waals surface area contributed by atoms with Crippen LogP contribution >= 0.6 is 0 Å². The van der Waals surface area contributed by atoms with Gasteiger partial charge in [0, 0.05) is 5.92 Å². The Morgan fingerprint density at radius 3 is 2.62 bits per heavy atom. The largest absolute Gasteiger partial charge is 0.481 e. The zero-order valence-electron chi connectivity index (χ0n) is 8.33. The molecule has 1 saturated heterocycles. The van der Waals surface area contributed by atoms with Crippen molar-refractivity contribution in [2.45, 2.75) is 6.42 Å². The number of hydrogen-bond donors (Lipinski definition) is 1. The van der Waals surface area contributed by atoms with E-state index in [9.17, 15) is 14.4 Å². The van der Waals surface area contributed by atoms with Crippen molar-refractivity contribution in [1.29, 1.82) is 0 Å². The van der Waals surface area contributed by atoms with E-state index in [1.54, 1.807) is 6.08 Å². The van der Waals surface area contributed by atoms with Crippen LogP contribution in [0, 0.1) is 29.6 Å². The van der Waals surface area contributed by atoms with Crippen LogP contribution in [-0.2, 0) is 19.1 Å². The number of ether oxygens (including phenoxy) is 1. The van der Waals surface area contributed by atoms with Gasteiger partial charge in [0.15, 0.2) is 0 Å². The van der Waals surface area contributed by atoms with Gasteiger partial charge >= 0.3 is 17.9 Å². The molecule has 4 rings (SSSR count). The summed E-state index contributed by atoms with van der Waals surface area (Å²) < 4.78 is 4.61. The summed E-state index contributed by atoms with van der Waals surface area (Å²) in [5.74, 6) is -4.06. The van der Waals surface area contributed by atoms with Crippen LogP contribution in [0.1, 0.15) is 6.42 Å². The minimum atomic E-state index is -0.898. The molecule has 2 bridgehead atoms. The van der Waals surface area contributed by atoms with Gasteiger partial charge < -0.3 is 9.84 Å². The Labute approximate surface area is 91.1 Å². The van der Waals surface area contributed by atoms with Crippen LogP contribution in [-0.4, -0.2) is 23.0 Å². The second kappa shape index (κ2) is 2.93. The zero-order chi connectivity index (χ0) is 11.4. The predicted molar refractivity (Wildman–Crippen MR) is 49.9 cm³/mol. The molecule has 1 N–H and O–H groups in total. The first kappa shape index (κ1) is 9.57. The van der Waals surface area contributed by atoms with E-state index in [4.69, 9.17) is 5.11 Å². The standard InChI is InChI=1S/C11H10O5/c12-9(13)6-3-4-1-2-5(6)8-7(4)10(14)16-11(8)15/h1-2,4-8H,3H2,(H,12,13). The Morgan fingerprint density at radius 2 is 1.94 bits per heavy atom. The van der Waals surface area contributed by atoms with Crippen LogP contribution < -0.4 is 0 Å². The summed E-state index contributed by atoms with van der Waals surface area (Å²) >= 11 is 0. The SMILES string of the molecule is O=C(O)C1CC2C=CC1C1C(=O)OC(=O)C21. The highest BCUT2D eigenvalue weighted by Gasteiger charge is 2.59. The maximum atomic E-state index is 11.5. The normalized spacial score (nSPS) is 44.4. The van der Waals surface area contributed by atoms with E-state index in [0.717, 1.165) is 0 Å². The lowest BCUT2D eigenvalue weighted by Crippen LogP contribution is -2.46. The lowest BCUT2D eigenvalue weighted by molar-refractivity contribution is -0.154. The first-order valence-corrected chi connectivity index (χ1v) is 5.26. The minimum Gasteiger partial charge on any atom is -0.481 e. The van der Waals surface area contributed by atoms with Gasteiger partial charge in [0.25, 0.3) is 0 Å². The number of carboxylic acid groups (broad SMARTS) is 1. The molecule has 0 aromatic rings. The van der Waals surface area contributed by atoms with E-state index in [2.05, 4.69) is 4.74 Å². The number of fused-ring (bicyclic) bond motifs is 1. The highest BCUT2D eigenvalue weighted by Crippen LogP contribution is 2.51. The lowest BCUT2D eigenvalue weighted by Gasteiger charge is -2.41. The van der Waals surface area contributed by atoms with E-state index in [1.165, 1.54) is 0 Å². The fourth-order valence-corrected chi connectivity index (χ4v) is 3.20. The Kier molecular flexibility index (Phi) is 1.75. The average molecular weight is 222 g/mol. The van der Waals surface area contributed by atoms with Gasteiger partial charge in [0.2, 0.25) is 0 Å². The van der Waals surface area contributed by atoms with Gasteiger partial charge in [-0.25, -0.2) is 0 Å². The minimum absolute atomic E-state index is 0.157. The number of carboxylic acids is 1. The molecule has 5 atom stereocenters. The zero-order valence-corrected chi connectivity index (χ0v) is 8.33. The van der Waals surface area contributed by atoms with Gasteiger partial charge in [-0.15, -0.1) is 0 Å². The molecule has 4 aliphatic rings. The van der Waals surface area contributed by atoms with Crippen molar-refractivity contribution in [2.24, 2.45) is 29.6 Å². The van der Waals surface area contributed by atoms with Crippen molar-refractivity contribution < 1.29 is 24.2 Å². The summed E-state index contributed by atoms with van der Waals surface area (Å²) in [6, 6.07) is 0. The summed E-state index contributed by atoms with van der Waals surface area (Å²) in [6.45, 7) is 0. The summed E-state index contributed by atoms with van der Waals surface area (Å²) in [5, 5.41) is 9.06. The molecule has 1 aliphatic heterocycles. The van der Waals surface area contributed by atoms with E-state index in [0.29, 0.717) is 6.42 Å². The maximum absolute atomic E-state index is 11.5. The molecule has 84 valence electrons. The highest BCUT2D eigenvalue weighted by molar-refractivity contribution is 5.98. The molecule has 1 saturated carbocycles. The number of hydrogen-bond acceptors (Lipinski definition) is 4. The first-order chi connectivity index (χ1) is 7.59. The fraction of sp³-hybridized carbons (Fsp3) is 0.545. The van der Waals surface area contributed by atoms with Gasteiger partial charge in [-0.05, 0) is 12.3 Å². The predicted octanol–water partition coefficient (Wildman–Crippen LogP) is 0.209. The van der Waals surface area contributed by atoms with Gasteiger partial charge in [-0.3, -0.25) is 14.4 Å². The molecule has 0 aromatic carbocycles. The van der Waals surface area contributed by atoms with Crippen molar-refractivity contribution in [3.05, 3.63) is 12.2 Å². The van der Waals surface area contributed by atoms with E-state index < -0.39 is 35.7 Å². The number of cyclic esters (lactones) is 2.